The maximum Gasteiger partial charge on any atom is 0.206 e. The standard InChI is InChI=1S/C22H15BrO3S/c1-25-17-11-12-18-19(13-17)27-22(20(24)14-5-3-2-4-6-14)21(18)26-16-9-7-15(23)8-10-16/h2-13H,1H3. The van der Waals surface area contributed by atoms with Gasteiger partial charge in [-0.05, 0) is 42.5 Å². The quantitative estimate of drug-likeness (QED) is 0.325. The highest BCUT2D eigenvalue weighted by molar-refractivity contribution is 9.10. The molecule has 1 aromatic heterocycles. The molecule has 3 aromatic carbocycles. The summed E-state index contributed by atoms with van der Waals surface area (Å²) in [5, 5.41) is 0.892. The molecule has 0 atom stereocenters. The summed E-state index contributed by atoms with van der Waals surface area (Å²) in [4.78, 5) is 13.7. The largest absolute Gasteiger partial charge is 0.497 e. The van der Waals surface area contributed by atoms with Gasteiger partial charge in [-0.25, -0.2) is 0 Å². The van der Waals surface area contributed by atoms with Crippen LogP contribution < -0.4 is 9.47 Å². The van der Waals surface area contributed by atoms with Crippen molar-refractivity contribution >= 4 is 43.1 Å². The number of rotatable bonds is 5. The molecule has 4 rings (SSSR count). The summed E-state index contributed by atoms with van der Waals surface area (Å²) in [6.07, 6.45) is 0. The van der Waals surface area contributed by atoms with Crippen molar-refractivity contribution in [2.24, 2.45) is 0 Å². The third kappa shape index (κ3) is 3.61. The van der Waals surface area contributed by atoms with Crippen molar-refractivity contribution in [2.45, 2.75) is 0 Å². The lowest BCUT2D eigenvalue weighted by molar-refractivity contribution is 0.104. The van der Waals surface area contributed by atoms with Crippen LogP contribution in [0.25, 0.3) is 10.1 Å². The average Bonchev–Trinajstić information content (AvgIpc) is 3.07. The Labute approximate surface area is 169 Å². The van der Waals surface area contributed by atoms with Crippen molar-refractivity contribution in [3.63, 3.8) is 0 Å². The molecule has 134 valence electrons. The van der Waals surface area contributed by atoms with Gasteiger partial charge in [0.25, 0.3) is 0 Å². The zero-order valence-corrected chi connectivity index (χ0v) is 16.8. The van der Waals surface area contributed by atoms with Crippen LogP contribution in [0.1, 0.15) is 15.2 Å². The highest BCUT2D eigenvalue weighted by atomic mass is 79.9. The summed E-state index contributed by atoms with van der Waals surface area (Å²) in [7, 11) is 1.63. The zero-order chi connectivity index (χ0) is 18.8. The molecule has 0 spiro atoms. The van der Waals surface area contributed by atoms with Gasteiger partial charge in [-0.3, -0.25) is 4.79 Å². The minimum atomic E-state index is -0.0529. The fraction of sp³-hybridized carbons (Fsp3) is 0.0455. The van der Waals surface area contributed by atoms with E-state index < -0.39 is 0 Å². The van der Waals surface area contributed by atoms with E-state index in [1.807, 2.05) is 72.8 Å². The molecule has 0 saturated carbocycles. The van der Waals surface area contributed by atoms with Gasteiger partial charge < -0.3 is 9.47 Å². The van der Waals surface area contributed by atoms with Crippen molar-refractivity contribution in [2.75, 3.05) is 7.11 Å². The van der Waals surface area contributed by atoms with Crippen LogP contribution in [0.4, 0.5) is 0 Å². The number of carbonyl (C=O) groups is 1. The van der Waals surface area contributed by atoms with Crippen molar-refractivity contribution < 1.29 is 14.3 Å². The molecule has 27 heavy (non-hydrogen) atoms. The van der Waals surface area contributed by atoms with E-state index in [0.29, 0.717) is 21.9 Å². The molecule has 1 heterocycles. The van der Waals surface area contributed by atoms with Crippen LogP contribution in [0.3, 0.4) is 0 Å². The second kappa shape index (κ2) is 7.55. The van der Waals surface area contributed by atoms with Crippen LogP contribution in [-0.2, 0) is 0 Å². The summed E-state index contributed by atoms with van der Waals surface area (Å²) >= 11 is 4.84. The normalized spacial score (nSPS) is 10.7. The van der Waals surface area contributed by atoms with Crippen LogP contribution >= 0.6 is 27.3 Å². The Morgan fingerprint density at radius 1 is 0.926 bits per heavy atom. The number of fused-ring (bicyclic) bond motifs is 1. The molecular formula is C22H15BrO3S. The first kappa shape index (κ1) is 17.8. The molecule has 4 aromatic rings. The Kier molecular flexibility index (Phi) is 4.97. The second-order valence-corrected chi connectivity index (χ2v) is 7.84. The topological polar surface area (TPSA) is 35.5 Å². The molecule has 0 aliphatic heterocycles. The van der Waals surface area contributed by atoms with Crippen molar-refractivity contribution in [1.29, 1.82) is 0 Å². The van der Waals surface area contributed by atoms with Gasteiger partial charge in [-0.15, -0.1) is 11.3 Å². The molecule has 3 nitrogen and oxygen atoms in total. The second-order valence-electron chi connectivity index (χ2n) is 5.87. The number of halogens is 1. The van der Waals surface area contributed by atoms with E-state index in [0.717, 1.165) is 20.3 Å². The van der Waals surface area contributed by atoms with E-state index in [2.05, 4.69) is 15.9 Å². The molecule has 0 amide bonds. The number of carbonyl (C=O) groups excluding carboxylic acids is 1. The van der Waals surface area contributed by atoms with Crippen LogP contribution in [0.5, 0.6) is 17.2 Å². The first-order valence-electron chi connectivity index (χ1n) is 8.29. The lowest BCUT2D eigenvalue weighted by atomic mass is 10.1. The molecule has 0 aliphatic carbocycles. The predicted molar refractivity (Wildman–Crippen MR) is 112 cm³/mol. The van der Waals surface area contributed by atoms with Gasteiger partial charge in [0, 0.05) is 20.1 Å². The summed E-state index contributed by atoms with van der Waals surface area (Å²) in [5.41, 5.74) is 0.636. The summed E-state index contributed by atoms with van der Waals surface area (Å²) < 4.78 is 13.4. The van der Waals surface area contributed by atoms with E-state index in [1.54, 1.807) is 7.11 Å². The fourth-order valence-electron chi connectivity index (χ4n) is 2.77. The number of ketones is 1. The zero-order valence-electron chi connectivity index (χ0n) is 14.4. The Balaban J connectivity index is 1.85. The predicted octanol–water partition coefficient (Wildman–Crippen LogP) is 6.70. The van der Waals surface area contributed by atoms with Crippen LogP contribution in [0, 0.1) is 0 Å². The lowest BCUT2D eigenvalue weighted by Crippen LogP contribution is -2.00. The number of ether oxygens (including phenoxy) is 2. The minimum Gasteiger partial charge on any atom is -0.497 e. The first-order chi connectivity index (χ1) is 13.2. The van der Waals surface area contributed by atoms with E-state index in [-0.39, 0.29) is 5.78 Å². The lowest BCUT2D eigenvalue weighted by Gasteiger charge is -2.08. The molecule has 0 N–H and O–H groups in total. The summed E-state index contributed by atoms with van der Waals surface area (Å²) in [5.74, 6) is 1.95. The van der Waals surface area contributed by atoms with Gasteiger partial charge in [0.2, 0.25) is 5.78 Å². The van der Waals surface area contributed by atoms with Crippen molar-refractivity contribution in [1.82, 2.24) is 0 Å². The van der Waals surface area contributed by atoms with Crippen LogP contribution in [-0.4, -0.2) is 12.9 Å². The number of hydrogen-bond donors (Lipinski definition) is 0. The van der Waals surface area contributed by atoms with Crippen molar-refractivity contribution in [3.8, 4) is 17.2 Å². The molecule has 0 bridgehead atoms. The van der Waals surface area contributed by atoms with Crippen molar-refractivity contribution in [3.05, 3.63) is 87.7 Å². The molecular weight excluding hydrogens is 424 g/mol. The highest BCUT2D eigenvalue weighted by Crippen LogP contribution is 2.42. The Bertz CT molecular complexity index is 1100. The molecule has 0 radical (unpaired) electrons. The number of benzene rings is 3. The average molecular weight is 439 g/mol. The smallest absolute Gasteiger partial charge is 0.206 e. The van der Waals surface area contributed by atoms with E-state index >= 15 is 0 Å². The van der Waals surface area contributed by atoms with E-state index in [9.17, 15) is 4.79 Å². The molecule has 5 heteroatoms. The van der Waals surface area contributed by atoms with Gasteiger partial charge in [-0.2, -0.15) is 0 Å². The van der Waals surface area contributed by atoms with Gasteiger partial charge >= 0.3 is 0 Å². The summed E-state index contributed by atoms with van der Waals surface area (Å²) in [6.45, 7) is 0. The Morgan fingerprint density at radius 2 is 1.63 bits per heavy atom. The number of thiophene rings is 1. The highest BCUT2D eigenvalue weighted by Gasteiger charge is 2.22. The molecule has 0 aliphatic rings. The van der Waals surface area contributed by atoms with Gasteiger partial charge in [0.15, 0.2) is 5.75 Å². The van der Waals surface area contributed by atoms with Gasteiger partial charge in [0.05, 0.1) is 7.11 Å². The van der Waals surface area contributed by atoms with Crippen LogP contribution in [0.15, 0.2) is 77.3 Å². The molecule has 0 unspecified atom stereocenters. The van der Waals surface area contributed by atoms with E-state index in [4.69, 9.17) is 9.47 Å². The Morgan fingerprint density at radius 3 is 2.33 bits per heavy atom. The third-order valence-corrected chi connectivity index (χ3v) is 5.79. The first-order valence-corrected chi connectivity index (χ1v) is 9.90. The fourth-order valence-corrected chi connectivity index (χ4v) is 4.16. The number of hydrogen-bond acceptors (Lipinski definition) is 4. The maximum absolute atomic E-state index is 13.1. The van der Waals surface area contributed by atoms with Gasteiger partial charge in [-0.1, -0.05) is 46.3 Å². The van der Waals surface area contributed by atoms with E-state index in [1.165, 1.54) is 11.3 Å². The Hall–Kier alpha value is -2.63. The monoisotopic (exact) mass is 438 g/mol. The molecule has 0 saturated heterocycles. The third-order valence-electron chi connectivity index (χ3n) is 4.13. The van der Waals surface area contributed by atoms with Crippen LogP contribution in [0.2, 0.25) is 0 Å². The minimum absolute atomic E-state index is 0.0529. The summed E-state index contributed by atoms with van der Waals surface area (Å²) in [6, 6.07) is 22.5. The SMILES string of the molecule is COc1ccc2c(Oc3ccc(Br)cc3)c(C(=O)c3ccccc3)sc2c1. The molecule has 0 fully saturated rings. The van der Waals surface area contributed by atoms with Gasteiger partial charge in [0.1, 0.15) is 16.4 Å². The number of methoxy groups -OCH3 is 1. The maximum atomic E-state index is 13.1.